The van der Waals surface area contributed by atoms with Gasteiger partial charge >= 0.3 is 5.97 Å². The van der Waals surface area contributed by atoms with E-state index >= 15 is 0 Å². The molecule has 0 aliphatic carbocycles. The molecule has 1 aromatic carbocycles. The first-order valence-corrected chi connectivity index (χ1v) is 6.92. The molecule has 2 aromatic rings. The second-order valence-electron chi connectivity index (χ2n) is 5.22. The highest BCUT2D eigenvalue weighted by Crippen LogP contribution is 2.25. The number of carbonyl (C=O) groups excluding carboxylic acids is 1. The van der Waals surface area contributed by atoms with E-state index in [4.69, 9.17) is 4.74 Å². The molecule has 0 radical (unpaired) electrons. The van der Waals surface area contributed by atoms with Gasteiger partial charge in [0, 0.05) is 30.9 Å². The van der Waals surface area contributed by atoms with Crippen molar-refractivity contribution in [2.45, 2.75) is 20.0 Å². The number of hydrogen-bond acceptors (Lipinski definition) is 5. The second kappa shape index (κ2) is 6.43. The van der Waals surface area contributed by atoms with Gasteiger partial charge < -0.3 is 9.30 Å². The Labute approximate surface area is 132 Å². The zero-order valence-corrected chi connectivity index (χ0v) is 13.0. The molecule has 0 fully saturated rings. The second-order valence-corrected chi connectivity index (χ2v) is 5.22. The number of nitro benzene ring substituents is 1. The maximum atomic E-state index is 12.1. The lowest BCUT2D eigenvalue weighted by atomic mass is 10.1. The summed E-state index contributed by atoms with van der Waals surface area (Å²) in [6.45, 7) is 3.26. The van der Waals surface area contributed by atoms with Crippen LogP contribution in [0.1, 0.15) is 34.5 Å². The molecule has 1 atom stereocenters. The average molecular weight is 316 g/mol. The van der Waals surface area contributed by atoms with Gasteiger partial charge in [-0.2, -0.15) is 0 Å². The number of carbonyl (C=O) groups is 1. The van der Waals surface area contributed by atoms with Crippen LogP contribution < -0.4 is 5.56 Å². The first-order valence-electron chi connectivity index (χ1n) is 6.92. The molecule has 0 bridgehead atoms. The zero-order chi connectivity index (χ0) is 17.1. The molecule has 120 valence electrons. The lowest BCUT2D eigenvalue weighted by Crippen LogP contribution is -2.18. The number of esters is 1. The molecule has 7 nitrogen and oxygen atoms in total. The fourth-order valence-corrected chi connectivity index (χ4v) is 2.05. The first-order chi connectivity index (χ1) is 10.8. The Kier molecular flexibility index (Phi) is 4.59. The van der Waals surface area contributed by atoms with Gasteiger partial charge in [0.2, 0.25) is 0 Å². The summed E-state index contributed by atoms with van der Waals surface area (Å²) in [6, 6.07) is 7.33. The largest absolute Gasteiger partial charge is 0.454 e. The molecule has 0 aliphatic rings. The molecule has 0 amide bonds. The van der Waals surface area contributed by atoms with Gasteiger partial charge in [0.1, 0.15) is 6.10 Å². The molecular formula is C16H16N2O5. The molecular weight excluding hydrogens is 300 g/mol. The third kappa shape index (κ3) is 3.63. The molecule has 0 saturated heterocycles. The Bertz CT molecular complexity index is 825. The monoisotopic (exact) mass is 316 g/mol. The standard InChI is InChI=1S/C16H16N2O5/c1-10-4-5-12(8-14(10)18(21)22)11(2)23-16(20)13-6-7-17(3)15(19)9-13/h4-9,11H,1-3H3/t11-/m1/s1. The van der Waals surface area contributed by atoms with Gasteiger partial charge in [-0.25, -0.2) is 4.79 Å². The van der Waals surface area contributed by atoms with Crippen molar-refractivity contribution in [1.82, 2.24) is 4.57 Å². The van der Waals surface area contributed by atoms with Crippen LogP contribution in [0.5, 0.6) is 0 Å². The summed E-state index contributed by atoms with van der Waals surface area (Å²) in [5.74, 6) is -0.654. The summed E-state index contributed by atoms with van der Waals surface area (Å²) in [4.78, 5) is 34.1. The lowest BCUT2D eigenvalue weighted by Gasteiger charge is -2.14. The zero-order valence-electron chi connectivity index (χ0n) is 13.0. The Morgan fingerprint density at radius 3 is 2.61 bits per heavy atom. The molecule has 7 heteroatoms. The van der Waals surface area contributed by atoms with Crippen LogP contribution in [0.4, 0.5) is 5.69 Å². The molecule has 0 N–H and O–H groups in total. The number of pyridine rings is 1. The highest BCUT2D eigenvalue weighted by molar-refractivity contribution is 5.89. The highest BCUT2D eigenvalue weighted by Gasteiger charge is 2.18. The Balaban J connectivity index is 2.21. The molecule has 0 unspecified atom stereocenters. The van der Waals surface area contributed by atoms with Crippen molar-refractivity contribution in [1.29, 1.82) is 0 Å². The maximum absolute atomic E-state index is 12.1. The number of aryl methyl sites for hydroxylation is 2. The van der Waals surface area contributed by atoms with E-state index in [0.29, 0.717) is 11.1 Å². The summed E-state index contributed by atoms with van der Waals surface area (Å²) in [7, 11) is 1.57. The van der Waals surface area contributed by atoms with Crippen molar-refractivity contribution in [3.8, 4) is 0 Å². The van der Waals surface area contributed by atoms with Crippen molar-refractivity contribution < 1.29 is 14.5 Å². The smallest absolute Gasteiger partial charge is 0.338 e. The molecule has 1 heterocycles. The molecule has 0 saturated carbocycles. The molecule has 23 heavy (non-hydrogen) atoms. The summed E-state index contributed by atoms with van der Waals surface area (Å²) >= 11 is 0. The highest BCUT2D eigenvalue weighted by atomic mass is 16.6. The Morgan fingerprint density at radius 2 is 2.00 bits per heavy atom. The summed E-state index contributed by atoms with van der Waals surface area (Å²) in [5.41, 5.74) is 0.835. The van der Waals surface area contributed by atoms with E-state index < -0.39 is 17.0 Å². The van der Waals surface area contributed by atoms with E-state index in [1.165, 1.54) is 29.0 Å². The summed E-state index contributed by atoms with van der Waals surface area (Å²) in [5, 5.41) is 11.0. The average Bonchev–Trinajstić information content (AvgIpc) is 2.49. The summed E-state index contributed by atoms with van der Waals surface area (Å²) < 4.78 is 6.62. The molecule has 0 aliphatic heterocycles. The minimum absolute atomic E-state index is 0.0287. The number of hydrogen-bond donors (Lipinski definition) is 0. The predicted molar refractivity (Wildman–Crippen MR) is 83.3 cm³/mol. The van der Waals surface area contributed by atoms with E-state index in [1.54, 1.807) is 33.0 Å². The first kappa shape index (κ1) is 16.4. The van der Waals surface area contributed by atoms with Crippen LogP contribution in [-0.2, 0) is 11.8 Å². The number of benzene rings is 1. The van der Waals surface area contributed by atoms with Crippen LogP contribution in [0, 0.1) is 17.0 Å². The molecule has 0 spiro atoms. The van der Waals surface area contributed by atoms with Crippen molar-refractivity contribution in [3.05, 3.63) is 73.7 Å². The third-order valence-electron chi connectivity index (χ3n) is 3.52. The number of rotatable bonds is 4. The number of nitrogens with zero attached hydrogens (tertiary/aromatic N) is 2. The predicted octanol–water partition coefficient (Wildman–Crippen LogP) is 2.52. The molecule has 2 rings (SSSR count). The molecule has 1 aromatic heterocycles. The van der Waals surface area contributed by atoms with Crippen LogP contribution in [0.25, 0.3) is 0 Å². The minimum Gasteiger partial charge on any atom is -0.454 e. The van der Waals surface area contributed by atoms with Gasteiger partial charge in [-0.15, -0.1) is 0 Å². The van der Waals surface area contributed by atoms with Crippen LogP contribution in [0.3, 0.4) is 0 Å². The minimum atomic E-state index is -0.675. The van der Waals surface area contributed by atoms with E-state index in [9.17, 15) is 19.7 Å². The quantitative estimate of drug-likeness (QED) is 0.491. The van der Waals surface area contributed by atoms with E-state index in [0.717, 1.165) is 0 Å². The van der Waals surface area contributed by atoms with Gasteiger partial charge in [0.15, 0.2) is 0 Å². The Morgan fingerprint density at radius 1 is 1.30 bits per heavy atom. The van der Waals surface area contributed by atoms with Gasteiger partial charge in [0.05, 0.1) is 10.5 Å². The van der Waals surface area contributed by atoms with Gasteiger partial charge in [-0.3, -0.25) is 14.9 Å². The number of ether oxygens (including phenoxy) is 1. The van der Waals surface area contributed by atoms with Crippen molar-refractivity contribution >= 4 is 11.7 Å². The van der Waals surface area contributed by atoms with Crippen molar-refractivity contribution in [3.63, 3.8) is 0 Å². The van der Waals surface area contributed by atoms with E-state index in [-0.39, 0.29) is 16.8 Å². The van der Waals surface area contributed by atoms with Crippen LogP contribution in [-0.4, -0.2) is 15.5 Å². The number of aromatic nitrogens is 1. The van der Waals surface area contributed by atoms with Crippen LogP contribution in [0.15, 0.2) is 41.3 Å². The van der Waals surface area contributed by atoms with Crippen LogP contribution in [0.2, 0.25) is 0 Å². The lowest BCUT2D eigenvalue weighted by molar-refractivity contribution is -0.385. The fourth-order valence-electron chi connectivity index (χ4n) is 2.05. The van der Waals surface area contributed by atoms with Gasteiger partial charge in [-0.1, -0.05) is 12.1 Å². The summed E-state index contributed by atoms with van der Waals surface area (Å²) in [6.07, 6.45) is 0.797. The Hall–Kier alpha value is -2.96. The maximum Gasteiger partial charge on any atom is 0.338 e. The normalized spacial score (nSPS) is 11.8. The topological polar surface area (TPSA) is 91.4 Å². The fraction of sp³-hybridized carbons (Fsp3) is 0.250. The van der Waals surface area contributed by atoms with Crippen LogP contribution >= 0.6 is 0 Å². The van der Waals surface area contributed by atoms with Crippen molar-refractivity contribution in [2.75, 3.05) is 0 Å². The number of nitro groups is 1. The van der Waals surface area contributed by atoms with Gasteiger partial charge in [0.25, 0.3) is 11.2 Å². The van der Waals surface area contributed by atoms with Crippen molar-refractivity contribution in [2.24, 2.45) is 7.05 Å². The van der Waals surface area contributed by atoms with E-state index in [2.05, 4.69) is 0 Å². The van der Waals surface area contributed by atoms with E-state index in [1.807, 2.05) is 0 Å². The SMILES string of the molecule is Cc1ccc([C@@H](C)OC(=O)c2ccn(C)c(=O)c2)cc1[N+](=O)[O-]. The van der Waals surface area contributed by atoms with Gasteiger partial charge in [-0.05, 0) is 25.5 Å². The third-order valence-corrected chi connectivity index (χ3v) is 3.52.